The fraction of sp³-hybridized carbons (Fsp3) is 0.360. The highest BCUT2D eigenvalue weighted by atomic mass is 32.2. The standard InChI is InChI=1S/C25H28N6O5S/c1-4-36-21-12-7-9-18(28-21)24-29-23-25(31(24)22-19(34-2)10-8-11-20(22)35-3)27-17(15-26-23)16-37(32,33)30-13-5-6-14-30/h7-12,15H,4-6,13-14,16H2,1-3H3. The Kier molecular flexibility index (Phi) is 6.94. The van der Waals surface area contributed by atoms with E-state index in [0.29, 0.717) is 71.3 Å². The van der Waals surface area contributed by atoms with Gasteiger partial charge < -0.3 is 14.2 Å². The van der Waals surface area contributed by atoms with Crippen LogP contribution >= 0.6 is 0 Å². The van der Waals surface area contributed by atoms with Gasteiger partial charge in [-0.3, -0.25) is 4.57 Å². The van der Waals surface area contributed by atoms with Crippen LogP contribution in [0.4, 0.5) is 0 Å². The van der Waals surface area contributed by atoms with Gasteiger partial charge in [0.15, 0.2) is 17.1 Å². The lowest BCUT2D eigenvalue weighted by Crippen LogP contribution is -2.29. The first-order valence-corrected chi connectivity index (χ1v) is 13.6. The summed E-state index contributed by atoms with van der Waals surface area (Å²) in [5.41, 5.74) is 2.06. The molecule has 4 heterocycles. The molecule has 0 saturated carbocycles. The van der Waals surface area contributed by atoms with Gasteiger partial charge in [0.1, 0.15) is 28.6 Å². The molecule has 0 amide bonds. The Morgan fingerprint density at radius 1 is 0.946 bits per heavy atom. The summed E-state index contributed by atoms with van der Waals surface area (Å²) in [7, 11) is -0.399. The fourth-order valence-electron chi connectivity index (χ4n) is 4.41. The Hall–Kier alpha value is -3.77. The summed E-state index contributed by atoms with van der Waals surface area (Å²) in [6, 6.07) is 10.8. The second-order valence-electron chi connectivity index (χ2n) is 8.45. The van der Waals surface area contributed by atoms with Crippen molar-refractivity contribution < 1.29 is 22.6 Å². The van der Waals surface area contributed by atoms with Crippen LogP contribution in [-0.2, 0) is 15.8 Å². The van der Waals surface area contributed by atoms with Crippen LogP contribution in [0.25, 0.3) is 28.5 Å². The summed E-state index contributed by atoms with van der Waals surface area (Å²) in [6.45, 7) is 3.40. The summed E-state index contributed by atoms with van der Waals surface area (Å²) >= 11 is 0. The predicted molar refractivity (Wildman–Crippen MR) is 138 cm³/mol. The van der Waals surface area contributed by atoms with Gasteiger partial charge >= 0.3 is 0 Å². The number of nitrogens with zero attached hydrogens (tertiary/aromatic N) is 6. The van der Waals surface area contributed by atoms with Crippen LogP contribution in [-0.4, -0.2) is 71.1 Å². The van der Waals surface area contributed by atoms with Crippen molar-refractivity contribution >= 4 is 21.3 Å². The molecule has 1 saturated heterocycles. The number of aromatic nitrogens is 5. The van der Waals surface area contributed by atoms with Gasteiger partial charge in [0, 0.05) is 19.2 Å². The van der Waals surface area contributed by atoms with Gasteiger partial charge in [-0.25, -0.2) is 32.7 Å². The van der Waals surface area contributed by atoms with Crippen molar-refractivity contribution in [1.82, 2.24) is 28.8 Å². The number of methoxy groups -OCH3 is 2. The van der Waals surface area contributed by atoms with Gasteiger partial charge in [-0.2, -0.15) is 0 Å². The van der Waals surface area contributed by atoms with Crippen molar-refractivity contribution in [2.45, 2.75) is 25.5 Å². The monoisotopic (exact) mass is 524 g/mol. The lowest BCUT2D eigenvalue weighted by atomic mass is 10.2. The molecule has 4 aromatic rings. The van der Waals surface area contributed by atoms with E-state index in [-0.39, 0.29) is 5.75 Å². The first kappa shape index (κ1) is 24.9. The maximum atomic E-state index is 13.0. The highest BCUT2D eigenvalue weighted by molar-refractivity contribution is 7.88. The molecule has 0 unspecified atom stereocenters. The maximum Gasteiger partial charge on any atom is 0.219 e. The molecule has 0 atom stereocenters. The number of rotatable bonds is 9. The molecule has 11 nitrogen and oxygen atoms in total. The van der Waals surface area contributed by atoms with Crippen molar-refractivity contribution in [1.29, 1.82) is 0 Å². The van der Waals surface area contributed by atoms with E-state index in [2.05, 4.69) is 9.97 Å². The number of hydrogen-bond acceptors (Lipinski definition) is 9. The number of imidazole rings is 1. The Bertz CT molecular complexity index is 1510. The minimum absolute atomic E-state index is 0.252. The minimum atomic E-state index is -3.52. The van der Waals surface area contributed by atoms with Crippen molar-refractivity contribution in [3.8, 4) is 34.6 Å². The zero-order valence-corrected chi connectivity index (χ0v) is 21.7. The van der Waals surface area contributed by atoms with E-state index >= 15 is 0 Å². The molecule has 1 aliphatic heterocycles. The van der Waals surface area contributed by atoms with Crippen LogP contribution in [0.3, 0.4) is 0 Å². The smallest absolute Gasteiger partial charge is 0.219 e. The highest BCUT2D eigenvalue weighted by Crippen LogP contribution is 2.37. The zero-order valence-electron chi connectivity index (χ0n) is 20.9. The van der Waals surface area contributed by atoms with Crippen LogP contribution in [0, 0.1) is 0 Å². The topological polar surface area (TPSA) is 122 Å². The van der Waals surface area contributed by atoms with Gasteiger partial charge in [0.2, 0.25) is 15.9 Å². The molecule has 194 valence electrons. The summed E-state index contributed by atoms with van der Waals surface area (Å²) in [5.74, 6) is 1.65. The first-order valence-electron chi connectivity index (χ1n) is 12.0. The summed E-state index contributed by atoms with van der Waals surface area (Å²) in [6.07, 6.45) is 3.18. The third-order valence-electron chi connectivity index (χ3n) is 6.08. The van der Waals surface area contributed by atoms with Crippen LogP contribution < -0.4 is 14.2 Å². The highest BCUT2D eigenvalue weighted by Gasteiger charge is 2.28. The SMILES string of the molecule is CCOc1cccc(-c2nc3ncc(CS(=O)(=O)N4CCCC4)nc3n2-c2c(OC)cccc2OC)n1. The third-order valence-corrected chi connectivity index (χ3v) is 7.89. The van der Waals surface area contributed by atoms with Gasteiger partial charge in [0.05, 0.1) is 32.7 Å². The number of benzene rings is 1. The molecule has 0 bridgehead atoms. The summed E-state index contributed by atoms with van der Waals surface area (Å²) in [4.78, 5) is 18.5. The molecule has 1 aliphatic rings. The number of ether oxygens (including phenoxy) is 3. The molecule has 1 aromatic carbocycles. The Balaban J connectivity index is 1.73. The summed E-state index contributed by atoms with van der Waals surface area (Å²) in [5, 5.41) is 0. The van der Waals surface area contributed by atoms with E-state index < -0.39 is 10.0 Å². The number of hydrogen-bond donors (Lipinski definition) is 0. The molecule has 0 aliphatic carbocycles. The molecule has 12 heteroatoms. The van der Waals surface area contributed by atoms with Gasteiger partial charge in [-0.15, -0.1) is 0 Å². The average Bonchev–Trinajstić information content (AvgIpc) is 3.57. The van der Waals surface area contributed by atoms with Crippen molar-refractivity contribution in [3.05, 3.63) is 48.3 Å². The predicted octanol–water partition coefficient (Wildman–Crippen LogP) is 3.22. The minimum Gasteiger partial charge on any atom is -0.494 e. The molecular weight excluding hydrogens is 496 g/mol. The third kappa shape index (κ3) is 4.81. The second-order valence-corrected chi connectivity index (χ2v) is 10.4. The molecule has 37 heavy (non-hydrogen) atoms. The summed E-state index contributed by atoms with van der Waals surface area (Å²) < 4.78 is 46.2. The van der Waals surface area contributed by atoms with E-state index in [1.165, 1.54) is 10.5 Å². The quantitative estimate of drug-likeness (QED) is 0.325. The average molecular weight is 525 g/mol. The molecule has 1 fully saturated rings. The molecule has 0 radical (unpaired) electrons. The fourth-order valence-corrected chi connectivity index (χ4v) is 5.92. The van der Waals surface area contributed by atoms with Crippen LogP contribution in [0.5, 0.6) is 17.4 Å². The van der Waals surface area contributed by atoms with Crippen LogP contribution in [0.2, 0.25) is 0 Å². The lowest BCUT2D eigenvalue weighted by Gasteiger charge is -2.17. The van der Waals surface area contributed by atoms with E-state index in [0.717, 1.165) is 12.8 Å². The Morgan fingerprint density at radius 3 is 2.32 bits per heavy atom. The number of fused-ring (bicyclic) bond motifs is 1. The molecule has 0 spiro atoms. The van der Waals surface area contributed by atoms with E-state index in [9.17, 15) is 8.42 Å². The number of para-hydroxylation sites is 1. The number of pyridine rings is 1. The Morgan fingerprint density at radius 2 is 1.65 bits per heavy atom. The molecular formula is C25H28N6O5S. The van der Waals surface area contributed by atoms with Crippen molar-refractivity contribution in [2.24, 2.45) is 0 Å². The second kappa shape index (κ2) is 10.3. The van der Waals surface area contributed by atoms with E-state index in [1.54, 1.807) is 43.1 Å². The van der Waals surface area contributed by atoms with Gasteiger partial charge in [-0.1, -0.05) is 12.1 Å². The number of sulfonamides is 1. The van der Waals surface area contributed by atoms with Crippen molar-refractivity contribution in [3.63, 3.8) is 0 Å². The normalized spacial score (nSPS) is 14.2. The molecule has 3 aromatic heterocycles. The Labute approximate surface area is 215 Å². The van der Waals surface area contributed by atoms with Crippen LogP contribution in [0.15, 0.2) is 42.6 Å². The molecule has 0 N–H and O–H groups in total. The largest absolute Gasteiger partial charge is 0.494 e. The lowest BCUT2D eigenvalue weighted by molar-refractivity contribution is 0.327. The molecule has 5 rings (SSSR count). The first-order chi connectivity index (χ1) is 17.9. The van der Waals surface area contributed by atoms with E-state index in [4.69, 9.17) is 24.2 Å². The zero-order chi connectivity index (χ0) is 26.0. The van der Waals surface area contributed by atoms with Crippen molar-refractivity contribution in [2.75, 3.05) is 33.9 Å². The maximum absolute atomic E-state index is 13.0. The van der Waals surface area contributed by atoms with Crippen LogP contribution in [0.1, 0.15) is 25.5 Å². The van der Waals surface area contributed by atoms with E-state index in [1.807, 2.05) is 19.1 Å². The van der Waals surface area contributed by atoms with Gasteiger partial charge in [0.25, 0.3) is 0 Å². The van der Waals surface area contributed by atoms with Gasteiger partial charge in [-0.05, 0) is 38.0 Å².